The molecule has 1 aromatic carbocycles. The van der Waals surface area contributed by atoms with E-state index in [9.17, 15) is 0 Å². The third kappa shape index (κ3) is 3.72. The van der Waals surface area contributed by atoms with Crippen LogP contribution in [0.3, 0.4) is 0 Å². The molecule has 8 heteroatoms. The van der Waals surface area contributed by atoms with Gasteiger partial charge >= 0.3 is 0 Å². The molecule has 3 aromatic heterocycles. The van der Waals surface area contributed by atoms with E-state index < -0.39 is 0 Å². The first-order chi connectivity index (χ1) is 16.2. The Hall–Kier alpha value is -3.78. The Kier molecular flexibility index (Phi) is 4.80. The number of fused-ring (bicyclic) bond motifs is 1. The van der Waals surface area contributed by atoms with E-state index in [4.69, 9.17) is 5.73 Å². The van der Waals surface area contributed by atoms with E-state index in [1.165, 1.54) is 11.1 Å². The molecule has 0 spiro atoms. The third-order valence-corrected chi connectivity index (χ3v) is 6.21. The number of nitrogens with one attached hydrogen (secondary N) is 2. The highest BCUT2D eigenvalue weighted by molar-refractivity contribution is 5.81. The number of nitrogens with zero attached hydrogens (tertiary/aromatic N) is 4. The van der Waals surface area contributed by atoms with Crippen LogP contribution in [0, 0.1) is 5.82 Å². The molecule has 33 heavy (non-hydrogen) atoms. The fourth-order valence-electron chi connectivity index (χ4n) is 4.40. The summed E-state index contributed by atoms with van der Waals surface area (Å²) in [5.41, 5.74) is 10.5. The van der Waals surface area contributed by atoms with E-state index in [1.54, 1.807) is 16.8 Å². The van der Waals surface area contributed by atoms with E-state index >= 15 is 4.39 Å². The molecule has 0 bridgehead atoms. The summed E-state index contributed by atoms with van der Waals surface area (Å²) in [5, 5.41) is 6.98. The third-order valence-electron chi connectivity index (χ3n) is 6.21. The minimum absolute atomic E-state index is 0.163. The second-order valence-electron chi connectivity index (χ2n) is 8.55. The van der Waals surface area contributed by atoms with Gasteiger partial charge in [0.25, 0.3) is 0 Å². The van der Waals surface area contributed by atoms with Crippen molar-refractivity contribution in [1.29, 1.82) is 0 Å². The Morgan fingerprint density at radius 2 is 1.94 bits per heavy atom. The van der Waals surface area contributed by atoms with Crippen LogP contribution in [0.25, 0.3) is 22.4 Å². The molecule has 0 radical (unpaired) electrons. The first-order valence-electron chi connectivity index (χ1n) is 11.2. The van der Waals surface area contributed by atoms with E-state index in [1.807, 2.05) is 24.3 Å². The zero-order valence-corrected chi connectivity index (χ0v) is 18.1. The molecule has 4 heterocycles. The lowest BCUT2D eigenvalue weighted by Crippen LogP contribution is -2.19. The number of halogens is 1. The number of pyridine rings is 1. The molecule has 2 aliphatic rings. The fraction of sp³-hybridized carbons (Fsp3) is 0.240. The minimum atomic E-state index is -0.275. The first-order valence-corrected chi connectivity index (χ1v) is 11.2. The summed E-state index contributed by atoms with van der Waals surface area (Å²) in [6.07, 6.45) is 6.70. The van der Waals surface area contributed by atoms with Crippen LogP contribution < -0.4 is 16.4 Å². The predicted molar refractivity (Wildman–Crippen MR) is 128 cm³/mol. The normalized spacial score (nSPS) is 16.1. The van der Waals surface area contributed by atoms with E-state index in [-0.39, 0.29) is 11.7 Å². The average Bonchev–Trinajstić information content (AvgIpc) is 3.64. The SMILES string of the molecule is Nc1cccc(-n2c(C3CC3)c(F)c3cnc(Nc4ccc(C5=CCNCC5)cc4)nc32)n1. The van der Waals surface area contributed by atoms with Crippen LogP contribution in [0.15, 0.2) is 54.7 Å². The molecule has 0 atom stereocenters. The molecule has 166 valence electrons. The quantitative estimate of drug-likeness (QED) is 0.421. The molecule has 1 aliphatic carbocycles. The summed E-state index contributed by atoms with van der Waals surface area (Å²) in [4.78, 5) is 13.5. The van der Waals surface area contributed by atoms with Crippen molar-refractivity contribution in [3.63, 3.8) is 0 Å². The van der Waals surface area contributed by atoms with Gasteiger partial charge in [0.2, 0.25) is 5.95 Å². The number of aromatic nitrogens is 4. The molecule has 6 rings (SSSR count). The Morgan fingerprint density at radius 1 is 1.09 bits per heavy atom. The molecular formula is C25H24FN7. The van der Waals surface area contributed by atoms with Gasteiger partial charge in [-0.05, 0) is 61.2 Å². The summed E-state index contributed by atoms with van der Waals surface area (Å²) < 4.78 is 17.1. The monoisotopic (exact) mass is 441 g/mol. The lowest BCUT2D eigenvalue weighted by molar-refractivity contribution is 0.613. The van der Waals surface area contributed by atoms with Crippen molar-refractivity contribution >= 4 is 34.1 Å². The molecule has 0 unspecified atom stereocenters. The molecule has 4 aromatic rings. The van der Waals surface area contributed by atoms with Crippen molar-refractivity contribution in [1.82, 2.24) is 24.8 Å². The van der Waals surface area contributed by atoms with E-state index in [0.717, 1.165) is 38.0 Å². The summed E-state index contributed by atoms with van der Waals surface area (Å²) in [6, 6.07) is 13.6. The van der Waals surface area contributed by atoms with Crippen LogP contribution in [-0.2, 0) is 0 Å². The molecule has 1 aliphatic heterocycles. The number of anilines is 3. The predicted octanol–water partition coefficient (Wildman–Crippen LogP) is 4.53. The van der Waals surface area contributed by atoms with Crippen LogP contribution in [0.1, 0.15) is 36.4 Å². The summed E-state index contributed by atoms with van der Waals surface area (Å²) in [7, 11) is 0. The number of nitrogens with two attached hydrogens (primary N) is 1. The number of benzene rings is 1. The van der Waals surface area contributed by atoms with Gasteiger partial charge in [0.05, 0.1) is 11.1 Å². The minimum Gasteiger partial charge on any atom is -0.384 e. The highest BCUT2D eigenvalue weighted by Gasteiger charge is 2.34. The van der Waals surface area contributed by atoms with Gasteiger partial charge in [0.1, 0.15) is 11.6 Å². The maximum atomic E-state index is 15.4. The standard InChI is InChI=1S/C25H24FN7/c26-22-19-14-29-25(30-18-8-6-15(7-9-18)16-10-12-28-13-11-16)32-24(19)33(23(22)17-4-5-17)21-3-1-2-20(27)31-21/h1-3,6-10,14,17,28H,4-5,11-13H2,(H2,27,31)(H,29,30,32). The Labute approximate surface area is 190 Å². The van der Waals surface area contributed by atoms with Gasteiger partial charge in [-0.15, -0.1) is 0 Å². The molecular weight excluding hydrogens is 417 g/mol. The number of hydrogen-bond donors (Lipinski definition) is 3. The van der Waals surface area contributed by atoms with Crippen LogP contribution >= 0.6 is 0 Å². The van der Waals surface area contributed by atoms with Crippen molar-refractivity contribution in [3.05, 3.63) is 71.8 Å². The van der Waals surface area contributed by atoms with Gasteiger partial charge in [-0.1, -0.05) is 24.3 Å². The number of hydrogen-bond acceptors (Lipinski definition) is 6. The van der Waals surface area contributed by atoms with Crippen molar-refractivity contribution in [3.8, 4) is 5.82 Å². The zero-order valence-electron chi connectivity index (χ0n) is 18.1. The van der Waals surface area contributed by atoms with Gasteiger partial charge in [-0.3, -0.25) is 4.57 Å². The highest BCUT2D eigenvalue weighted by atomic mass is 19.1. The summed E-state index contributed by atoms with van der Waals surface area (Å²) in [6.45, 7) is 1.91. The second-order valence-corrected chi connectivity index (χ2v) is 8.55. The highest BCUT2D eigenvalue weighted by Crippen LogP contribution is 2.45. The lowest BCUT2D eigenvalue weighted by atomic mass is 10.0. The molecule has 0 saturated heterocycles. The van der Waals surface area contributed by atoms with Crippen molar-refractivity contribution in [2.75, 3.05) is 24.1 Å². The molecule has 4 N–H and O–H groups in total. The lowest BCUT2D eigenvalue weighted by Gasteiger charge is -2.14. The zero-order chi connectivity index (χ0) is 22.4. The van der Waals surface area contributed by atoms with Crippen LogP contribution in [0.5, 0.6) is 0 Å². The van der Waals surface area contributed by atoms with Crippen LogP contribution in [0.2, 0.25) is 0 Å². The summed E-state index contributed by atoms with van der Waals surface area (Å²) in [5.74, 6) is 1.24. The number of rotatable bonds is 5. The molecule has 7 nitrogen and oxygen atoms in total. The van der Waals surface area contributed by atoms with Crippen molar-refractivity contribution < 1.29 is 4.39 Å². The Morgan fingerprint density at radius 3 is 2.67 bits per heavy atom. The van der Waals surface area contributed by atoms with Gasteiger partial charge in [-0.25, -0.2) is 14.4 Å². The Balaban J connectivity index is 1.37. The maximum Gasteiger partial charge on any atom is 0.229 e. The topological polar surface area (TPSA) is 93.7 Å². The smallest absolute Gasteiger partial charge is 0.229 e. The van der Waals surface area contributed by atoms with E-state index in [0.29, 0.717) is 34.3 Å². The van der Waals surface area contributed by atoms with Crippen molar-refractivity contribution in [2.24, 2.45) is 0 Å². The maximum absolute atomic E-state index is 15.4. The molecule has 0 amide bonds. The van der Waals surface area contributed by atoms with E-state index in [2.05, 4.69) is 43.8 Å². The van der Waals surface area contributed by atoms with Crippen molar-refractivity contribution in [2.45, 2.75) is 25.2 Å². The Bertz CT molecular complexity index is 1370. The average molecular weight is 442 g/mol. The number of nitrogen functional groups attached to an aromatic ring is 1. The van der Waals surface area contributed by atoms with Gasteiger partial charge in [0.15, 0.2) is 11.5 Å². The second kappa shape index (κ2) is 7.97. The summed E-state index contributed by atoms with van der Waals surface area (Å²) >= 11 is 0. The van der Waals surface area contributed by atoms with Gasteiger partial charge in [0, 0.05) is 24.3 Å². The molecule has 1 saturated carbocycles. The van der Waals surface area contributed by atoms with Crippen LogP contribution in [0.4, 0.5) is 21.8 Å². The van der Waals surface area contributed by atoms with Crippen LogP contribution in [-0.4, -0.2) is 32.6 Å². The first kappa shape index (κ1) is 19.9. The largest absolute Gasteiger partial charge is 0.384 e. The fourth-order valence-corrected chi connectivity index (χ4v) is 4.40. The molecule has 1 fully saturated rings. The van der Waals surface area contributed by atoms with Gasteiger partial charge in [-0.2, -0.15) is 4.98 Å². The van der Waals surface area contributed by atoms with Gasteiger partial charge < -0.3 is 16.4 Å².